The number of aliphatic hydroxyl groups is 1. The van der Waals surface area contributed by atoms with Crippen molar-refractivity contribution in [3.8, 4) is 0 Å². The molecular weight excluding hydrogens is 286 g/mol. The fraction of sp³-hybridized carbons (Fsp3) is 0.688. The van der Waals surface area contributed by atoms with Gasteiger partial charge >= 0.3 is 0 Å². The van der Waals surface area contributed by atoms with Gasteiger partial charge in [-0.15, -0.1) is 11.3 Å². The van der Waals surface area contributed by atoms with E-state index in [4.69, 9.17) is 4.74 Å². The second-order valence-corrected chi connectivity index (χ2v) is 7.07. The maximum absolute atomic E-state index is 12.3. The highest BCUT2D eigenvalue weighted by atomic mass is 32.1. The molecule has 2 atom stereocenters. The van der Waals surface area contributed by atoms with Gasteiger partial charge in [0.05, 0.1) is 18.6 Å². The standard InChI is InChI=1S/C16H25NO3S/c1-11(2)9-20-10-12(18)8-17-16(19)14-4-3-5-15-13(14)6-7-21-15/h6-7,11-12,14,18H,3-5,8-10H2,1-2H3,(H,17,19). The molecule has 1 aliphatic carbocycles. The minimum Gasteiger partial charge on any atom is -0.389 e. The molecule has 5 heteroatoms. The summed E-state index contributed by atoms with van der Waals surface area (Å²) in [5, 5.41) is 14.7. The predicted octanol–water partition coefficient (Wildman–Crippen LogP) is 2.32. The van der Waals surface area contributed by atoms with Crippen LogP contribution in [-0.2, 0) is 16.0 Å². The largest absolute Gasteiger partial charge is 0.389 e. The Morgan fingerprint density at radius 1 is 1.52 bits per heavy atom. The van der Waals surface area contributed by atoms with Crippen LogP contribution in [-0.4, -0.2) is 36.9 Å². The number of aryl methyl sites for hydroxylation is 1. The van der Waals surface area contributed by atoms with Crippen LogP contribution in [0, 0.1) is 5.92 Å². The Morgan fingerprint density at radius 3 is 3.10 bits per heavy atom. The zero-order valence-corrected chi connectivity index (χ0v) is 13.6. The first kappa shape index (κ1) is 16.5. The Hall–Kier alpha value is -0.910. The number of rotatable bonds is 7. The summed E-state index contributed by atoms with van der Waals surface area (Å²) in [6.07, 6.45) is 2.40. The van der Waals surface area contributed by atoms with E-state index in [1.807, 2.05) is 0 Å². The second-order valence-electron chi connectivity index (χ2n) is 6.07. The number of amides is 1. The highest BCUT2D eigenvalue weighted by molar-refractivity contribution is 7.10. The maximum atomic E-state index is 12.3. The van der Waals surface area contributed by atoms with E-state index in [1.54, 1.807) is 11.3 Å². The molecule has 2 unspecified atom stereocenters. The van der Waals surface area contributed by atoms with E-state index in [2.05, 4.69) is 30.6 Å². The van der Waals surface area contributed by atoms with Crippen molar-refractivity contribution in [2.24, 2.45) is 5.92 Å². The van der Waals surface area contributed by atoms with Crippen LogP contribution in [0.15, 0.2) is 11.4 Å². The summed E-state index contributed by atoms with van der Waals surface area (Å²) in [5.74, 6) is 0.423. The molecule has 0 radical (unpaired) electrons. The van der Waals surface area contributed by atoms with Gasteiger partial charge in [-0.05, 0) is 42.2 Å². The van der Waals surface area contributed by atoms with Crippen molar-refractivity contribution in [2.45, 2.75) is 45.1 Å². The van der Waals surface area contributed by atoms with E-state index in [0.29, 0.717) is 12.5 Å². The van der Waals surface area contributed by atoms with Crippen LogP contribution in [0.3, 0.4) is 0 Å². The fourth-order valence-electron chi connectivity index (χ4n) is 2.60. The lowest BCUT2D eigenvalue weighted by molar-refractivity contribution is -0.123. The molecule has 1 aromatic rings. The number of carbonyl (C=O) groups excluding carboxylic acids is 1. The Bertz CT molecular complexity index is 458. The minimum absolute atomic E-state index is 0.0252. The highest BCUT2D eigenvalue weighted by Crippen LogP contribution is 2.34. The van der Waals surface area contributed by atoms with Crippen LogP contribution in [0.25, 0.3) is 0 Å². The molecule has 1 aliphatic rings. The third-order valence-corrected chi connectivity index (χ3v) is 4.64. The number of aliphatic hydroxyl groups excluding tert-OH is 1. The third kappa shape index (κ3) is 4.80. The quantitative estimate of drug-likeness (QED) is 0.812. The molecule has 2 rings (SSSR count). The Balaban J connectivity index is 1.75. The number of nitrogens with one attached hydrogen (secondary N) is 1. The minimum atomic E-state index is -0.641. The van der Waals surface area contributed by atoms with Gasteiger partial charge in [0.15, 0.2) is 0 Å². The normalized spacial score (nSPS) is 19.3. The van der Waals surface area contributed by atoms with Crippen LogP contribution in [0.2, 0.25) is 0 Å². The van der Waals surface area contributed by atoms with Gasteiger partial charge in [0, 0.05) is 18.0 Å². The van der Waals surface area contributed by atoms with E-state index < -0.39 is 6.10 Å². The summed E-state index contributed by atoms with van der Waals surface area (Å²) < 4.78 is 5.38. The molecule has 0 aromatic carbocycles. The molecule has 0 fully saturated rings. The summed E-state index contributed by atoms with van der Waals surface area (Å²) in [7, 11) is 0. The van der Waals surface area contributed by atoms with Gasteiger partial charge < -0.3 is 15.2 Å². The Kier molecular flexibility index (Phi) is 6.21. The van der Waals surface area contributed by atoms with Gasteiger partial charge in [-0.1, -0.05) is 13.8 Å². The van der Waals surface area contributed by atoms with Crippen LogP contribution >= 0.6 is 11.3 Å². The van der Waals surface area contributed by atoms with E-state index in [1.165, 1.54) is 10.4 Å². The molecule has 118 valence electrons. The number of thiophene rings is 1. The summed E-state index contributed by atoms with van der Waals surface area (Å²) >= 11 is 1.74. The number of hydrogen-bond donors (Lipinski definition) is 2. The number of fused-ring (bicyclic) bond motifs is 1. The van der Waals surface area contributed by atoms with Gasteiger partial charge in [-0.2, -0.15) is 0 Å². The van der Waals surface area contributed by atoms with E-state index >= 15 is 0 Å². The van der Waals surface area contributed by atoms with Crippen molar-refractivity contribution < 1.29 is 14.6 Å². The van der Waals surface area contributed by atoms with E-state index in [-0.39, 0.29) is 25.0 Å². The van der Waals surface area contributed by atoms with Crippen LogP contribution in [0.4, 0.5) is 0 Å². The maximum Gasteiger partial charge on any atom is 0.227 e. The van der Waals surface area contributed by atoms with Gasteiger partial charge in [0.25, 0.3) is 0 Å². The summed E-state index contributed by atoms with van der Waals surface area (Å²) in [6, 6.07) is 2.06. The summed E-state index contributed by atoms with van der Waals surface area (Å²) in [6.45, 7) is 5.29. The van der Waals surface area contributed by atoms with Gasteiger partial charge in [0.1, 0.15) is 0 Å². The molecule has 1 amide bonds. The Morgan fingerprint density at radius 2 is 2.33 bits per heavy atom. The molecule has 1 aromatic heterocycles. The van der Waals surface area contributed by atoms with Crippen LogP contribution in [0.5, 0.6) is 0 Å². The van der Waals surface area contributed by atoms with E-state index in [0.717, 1.165) is 19.3 Å². The molecule has 4 nitrogen and oxygen atoms in total. The Labute approximate surface area is 130 Å². The zero-order valence-electron chi connectivity index (χ0n) is 12.8. The predicted molar refractivity (Wildman–Crippen MR) is 84.7 cm³/mol. The first-order valence-electron chi connectivity index (χ1n) is 7.67. The van der Waals surface area contributed by atoms with Crippen LogP contribution < -0.4 is 5.32 Å². The topological polar surface area (TPSA) is 58.6 Å². The van der Waals surface area contributed by atoms with Gasteiger partial charge in [-0.3, -0.25) is 4.79 Å². The van der Waals surface area contributed by atoms with E-state index in [9.17, 15) is 9.90 Å². The molecule has 0 spiro atoms. The number of hydrogen-bond acceptors (Lipinski definition) is 4. The molecule has 1 heterocycles. The monoisotopic (exact) mass is 311 g/mol. The third-order valence-electron chi connectivity index (χ3n) is 3.64. The molecule has 21 heavy (non-hydrogen) atoms. The van der Waals surface area contributed by atoms with Crippen molar-refractivity contribution in [3.63, 3.8) is 0 Å². The average Bonchev–Trinajstić information content (AvgIpc) is 2.92. The lowest BCUT2D eigenvalue weighted by atomic mass is 9.87. The number of carbonyl (C=O) groups is 1. The molecule has 0 bridgehead atoms. The SMILES string of the molecule is CC(C)COCC(O)CNC(=O)C1CCCc2sccc21. The highest BCUT2D eigenvalue weighted by Gasteiger charge is 2.27. The zero-order chi connectivity index (χ0) is 15.2. The first-order valence-corrected chi connectivity index (χ1v) is 8.55. The summed E-state index contributed by atoms with van der Waals surface area (Å²) in [4.78, 5) is 13.6. The van der Waals surface area contributed by atoms with Crippen molar-refractivity contribution in [1.82, 2.24) is 5.32 Å². The first-order chi connectivity index (χ1) is 10.1. The smallest absolute Gasteiger partial charge is 0.227 e. The molecular formula is C16H25NO3S. The molecule has 2 N–H and O–H groups in total. The molecule has 0 aliphatic heterocycles. The van der Waals surface area contributed by atoms with Crippen molar-refractivity contribution in [1.29, 1.82) is 0 Å². The van der Waals surface area contributed by atoms with Crippen molar-refractivity contribution in [2.75, 3.05) is 19.8 Å². The van der Waals surface area contributed by atoms with Crippen LogP contribution in [0.1, 0.15) is 43.0 Å². The average molecular weight is 311 g/mol. The lowest BCUT2D eigenvalue weighted by Crippen LogP contribution is -2.38. The van der Waals surface area contributed by atoms with Gasteiger partial charge in [0.2, 0.25) is 5.91 Å². The fourth-order valence-corrected chi connectivity index (χ4v) is 3.59. The second kappa shape index (κ2) is 7.92. The van der Waals surface area contributed by atoms with Gasteiger partial charge in [-0.25, -0.2) is 0 Å². The number of ether oxygens (including phenoxy) is 1. The van der Waals surface area contributed by atoms with Crippen molar-refractivity contribution >= 4 is 17.2 Å². The summed E-state index contributed by atoms with van der Waals surface area (Å²) in [5.41, 5.74) is 1.18. The van der Waals surface area contributed by atoms with Crippen molar-refractivity contribution in [3.05, 3.63) is 21.9 Å². The molecule has 0 saturated carbocycles. The lowest BCUT2D eigenvalue weighted by Gasteiger charge is -2.22. The molecule has 0 saturated heterocycles.